The highest BCUT2D eigenvalue weighted by Gasteiger charge is 2.32. The first-order valence-corrected chi connectivity index (χ1v) is 16.1. The van der Waals surface area contributed by atoms with Crippen LogP contribution in [0.3, 0.4) is 0 Å². The van der Waals surface area contributed by atoms with Crippen molar-refractivity contribution in [3.63, 3.8) is 0 Å². The summed E-state index contributed by atoms with van der Waals surface area (Å²) >= 11 is 0. The minimum absolute atomic E-state index is 0.0534. The number of hydrogen-bond donors (Lipinski definition) is 1. The number of nitrogens with one attached hydrogen (secondary N) is 1. The SMILES string of the molecule is CN(CCCC(=O)N(Cc1ccc(F)cc1)[C@H](Cc1ccccc1)C(=O)NC1CCCCC1)S(=O)(=O)c1ccccc1. The zero-order valence-electron chi connectivity index (χ0n) is 24.1. The number of carbonyl (C=O) groups is 2. The summed E-state index contributed by atoms with van der Waals surface area (Å²) in [7, 11) is -2.19. The van der Waals surface area contributed by atoms with E-state index in [9.17, 15) is 22.4 Å². The normalized spacial score (nSPS) is 14.8. The first-order chi connectivity index (χ1) is 20.2. The Morgan fingerprint density at radius 3 is 2.14 bits per heavy atom. The van der Waals surface area contributed by atoms with Crippen molar-refractivity contribution in [1.29, 1.82) is 0 Å². The molecule has 0 heterocycles. The number of benzene rings is 3. The Hall–Kier alpha value is -3.56. The molecule has 1 aliphatic rings. The minimum atomic E-state index is -3.69. The number of rotatable bonds is 13. The van der Waals surface area contributed by atoms with E-state index in [1.807, 2.05) is 30.3 Å². The highest BCUT2D eigenvalue weighted by molar-refractivity contribution is 7.89. The minimum Gasteiger partial charge on any atom is -0.352 e. The molecule has 0 radical (unpaired) electrons. The quantitative estimate of drug-likeness (QED) is 0.291. The molecule has 0 bridgehead atoms. The van der Waals surface area contributed by atoms with Gasteiger partial charge in [0.25, 0.3) is 0 Å². The summed E-state index contributed by atoms with van der Waals surface area (Å²) < 4.78 is 40.8. The average molecular weight is 594 g/mol. The van der Waals surface area contributed by atoms with Crippen LogP contribution in [0.1, 0.15) is 56.1 Å². The second-order valence-corrected chi connectivity index (χ2v) is 13.0. The van der Waals surface area contributed by atoms with Gasteiger partial charge in [-0.1, -0.05) is 79.9 Å². The number of hydrogen-bond acceptors (Lipinski definition) is 4. The van der Waals surface area contributed by atoms with Crippen molar-refractivity contribution >= 4 is 21.8 Å². The second kappa shape index (κ2) is 15.1. The lowest BCUT2D eigenvalue weighted by Gasteiger charge is -2.33. The fourth-order valence-electron chi connectivity index (χ4n) is 5.37. The van der Waals surface area contributed by atoms with E-state index in [1.165, 1.54) is 23.5 Å². The zero-order chi connectivity index (χ0) is 30.0. The van der Waals surface area contributed by atoms with Gasteiger partial charge in [0.2, 0.25) is 21.8 Å². The van der Waals surface area contributed by atoms with E-state index >= 15 is 0 Å². The van der Waals surface area contributed by atoms with Crippen molar-refractivity contribution in [2.24, 2.45) is 0 Å². The largest absolute Gasteiger partial charge is 0.352 e. The number of sulfonamides is 1. The van der Waals surface area contributed by atoms with Gasteiger partial charge in [-0.25, -0.2) is 17.1 Å². The summed E-state index contributed by atoms with van der Waals surface area (Å²) in [5.74, 6) is -0.843. The smallest absolute Gasteiger partial charge is 0.243 e. The van der Waals surface area contributed by atoms with Gasteiger partial charge in [0, 0.05) is 39.0 Å². The predicted molar refractivity (Wildman–Crippen MR) is 161 cm³/mol. The molecular weight excluding hydrogens is 553 g/mol. The lowest BCUT2D eigenvalue weighted by atomic mass is 9.94. The van der Waals surface area contributed by atoms with E-state index < -0.39 is 16.1 Å². The maximum absolute atomic E-state index is 13.8. The molecule has 4 rings (SSSR count). The summed E-state index contributed by atoms with van der Waals surface area (Å²) in [5, 5.41) is 3.20. The van der Waals surface area contributed by atoms with E-state index in [1.54, 1.807) is 47.4 Å². The summed E-state index contributed by atoms with van der Waals surface area (Å²) in [6, 6.07) is 23.0. The van der Waals surface area contributed by atoms with Crippen LogP contribution in [0.15, 0.2) is 89.8 Å². The summed E-state index contributed by atoms with van der Waals surface area (Å²) in [6.45, 7) is 0.276. The van der Waals surface area contributed by atoms with Gasteiger partial charge in [0.1, 0.15) is 11.9 Å². The lowest BCUT2D eigenvalue weighted by molar-refractivity contribution is -0.141. The van der Waals surface area contributed by atoms with Crippen molar-refractivity contribution in [2.45, 2.75) is 74.9 Å². The molecule has 2 amide bonds. The van der Waals surface area contributed by atoms with Crippen LogP contribution in [0, 0.1) is 5.82 Å². The molecule has 1 fully saturated rings. The molecule has 0 aliphatic heterocycles. The average Bonchev–Trinajstić information content (AvgIpc) is 3.01. The van der Waals surface area contributed by atoms with Crippen LogP contribution in [-0.2, 0) is 32.6 Å². The third-order valence-corrected chi connectivity index (χ3v) is 9.67. The maximum Gasteiger partial charge on any atom is 0.243 e. The van der Waals surface area contributed by atoms with Crippen molar-refractivity contribution < 1.29 is 22.4 Å². The Morgan fingerprint density at radius 1 is 0.881 bits per heavy atom. The van der Waals surface area contributed by atoms with Gasteiger partial charge in [0.05, 0.1) is 4.90 Å². The molecule has 0 spiro atoms. The molecule has 7 nitrogen and oxygen atoms in total. The Kier molecular flexibility index (Phi) is 11.3. The fraction of sp³-hybridized carbons (Fsp3) is 0.394. The molecule has 9 heteroatoms. The van der Waals surface area contributed by atoms with Gasteiger partial charge >= 0.3 is 0 Å². The molecule has 1 atom stereocenters. The van der Waals surface area contributed by atoms with Crippen molar-refractivity contribution in [1.82, 2.24) is 14.5 Å². The molecule has 224 valence electrons. The monoisotopic (exact) mass is 593 g/mol. The summed E-state index contributed by atoms with van der Waals surface area (Å²) in [4.78, 5) is 29.4. The van der Waals surface area contributed by atoms with E-state index in [-0.39, 0.29) is 54.5 Å². The Morgan fingerprint density at radius 2 is 1.50 bits per heavy atom. The highest BCUT2D eigenvalue weighted by atomic mass is 32.2. The van der Waals surface area contributed by atoms with Gasteiger partial charge in [-0.3, -0.25) is 9.59 Å². The van der Waals surface area contributed by atoms with E-state index in [0.717, 1.165) is 37.7 Å². The van der Waals surface area contributed by atoms with E-state index in [0.29, 0.717) is 12.0 Å². The number of amides is 2. The molecule has 1 aliphatic carbocycles. The van der Waals surface area contributed by atoms with Crippen LogP contribution in [0.4, 0.5) is 4.39 Å². The Balaban J connectivity index is 1.54. The zero-order valence-corrected chi connectivity index (χ0v) is 24.9. The van der Waals surface area contributed by atoms with Gasteiger partial charge in [-0.05, 0) is 54.7 Å². The maximum atomic E-state index is 13.8. The van der Waals surface area contributed by atoms with Crippen LogP contribution < -0.4 is 5.32 Å². The van der Waals surface area contributed by atoms with Crippen LogP contribution >= 0.6 is 0 Å². The van der Waals surface area contributed by atoms with Gasteiger partial charge in [0.15, 0.2) is 0 Å². The molecule has 0 saturated heterocycles. The number of carbonyl (C=O) groups excluding carboxylic acids is 2. The van der Waals surface area contributed by atoms with Gasteiger partial charge < -0.3 is 10.2 Å². The standard InChI is InChI=1S/C33H40FN3O4S/c1-36(42(40,41)30-16-9-4-10-17-30)23-11-18-32(38)37(25-27-19-21-28(34)22-20-27)31(24-26-12-5-2-6-13-26)33(39)35-29-14-7-3-8-15-29/h2,4-6,9-10,12-13,16-17,19-22,29,31H,3,7-8,11,14-15,18,23-25H2,1H3,(H,35,39)/t31-/m1/s1. The number of nitrogens with zero attached hydrogens (tertiary/aromatic N) is 2. The fourth-order valence-corrected chi connectivity index (χ4v) is 6.60. The number of halogens is 1. The summed E-state index contributed by atoms with van der Waals surface area (Å²) in [6.07, 6.45) is 5.77. The van der Waals surface area contributed by atoms with Crippen LogP contribution in [0.25, 0.3) is 0 Å². The molecule has 0 unspecified atom stereocenters. The molecular formula is C33H40FN3O4S. The first kappa shape index (κ1) is 31.4. The van der Waals surface area contributed by atoms with Gasteiger partial charge in [-0.2, -0.15) is 0 Å². The summed E-state index contributed by atoms with van der Waals surface area (Å²) in [5.41, 5.74) is 1.63. The Labute approximate surface area is 248 Å². The highest BCUT2D eigenvalue weighted by Crippen LogP contribution is 2.21. The third kappa shape index (κ3) is 8.72. The third-order valence-electron chi connectivity index (χ3n) is 7.80. The second-order valence-electron chi connectivity index (χ2n) is 10.9. The lowest BCUT2D eigenvalue weighted by Crippen LogP contribution is -2.52. The first-order valence-electron chi connectivity index (χ1n) is 14.6. The topological polar surface area (TPSA) is 86.8 Å². The molecule has 3 aromatic carbocycles. The molecule has 0 aromatic heterocycles. The predicted octanol–water partition coefficient (Wildman–Crippen LogP) is 5.32. The van der Waals surface area contributed by atoms with Crippen LogP contribution in [0.5, 0.6) is 0 Å². The Bertz CT molecular complexity index is 1400. The van der Waals surface area contributed by atoms with Crippen LogP contribution in [-0.4, -0.2) is 55.1 Å². The molecule has 1 saturated carbocycles. The van der Waals surface area contributed by atoms with Crippen molar-refractivity contribution in [3.8, 4) is 0 Å². The van der Waals surface area contributed by atoms with Crippen molar-refractivity contribution in [3.05, 3.63) is 102 Å². The van der Waals surface area contributed by atoms with Gasteiger partial charge in [-0.15, -0.1) is 0 Å². The van der Waals surface area contributed by atoms with Crippen molar-refractivity contribution in [2.75, 3.05) is 13.6 Å². The molecule has 42 heavy (non-hydrogen) atoms. The molecule has 1 N–H and O–H groups in total. The molecule has 3 aromatic rings. The van der Waals surface area contributed by atoms with Crippen LogP contribution in [0.2, 0.25) is 0 Å². The van der Waals surface area contributed by atoms with E-state index in [4.69, 9.17) is 0 Å². The van der Waals surface area contributed by atoms with E-state index in [2.05, 4.69) is 5.32 Å².